The van der Waals surface area contributed by atoms with Crippen LogP contribution in [0.1, 0.15) is 44.9 Å². The summed E-state index contributed by atoms with van der Waals surface area (Å²) in [6.07, 6.45) is 7.89. The Labute approximate surface area is 114 Å². The lowest BCUT2D eigenvalue weighted by Crippen LogP contribution is -2.09. The summed E-state index contributed by atoms with van der Waals surface area (Å²) in [6, 6.07) is 0. The molecule has 5 heteroatoms. The van der Waals surface area contributed by atoms with Gasteiger partial charge in [-0.15, -0.1) is 16.8 Å². The molecule has 0 atom stereocenters. The van der Waals surface area contributed by atoms with Gasteiger partial charge in [0, 0.05) is 12.3 Å². The lowest BCUT2D eigenvalue weighted by atomic mass is 10.2. The minimum Gasteiger partial charge on any atom is -0.324 e. The Bertz CT molecular complexity index is 349. The van der Waals surface area contributed by atoms with Crippen LogP contribution < -0.4 is 5.73 Å². The Morgan fingerprint density at radius 2 is 2.17 bits per heavy atom. The van der Waals surface area contributed by atoms with Crippen LogP contribution in [0.2, 0.25) is 0 Å². The van der Waals surface area contributed by atoms with Gasteiger partial charge in [0.25, 0.3) is 0 Å². The molecule has 0 spiro atoms. The number of unbranched alkanes of at least 4 members (excludes halogenated alkanes) is 3. The average Bonchev–Trinajstić information content (AvgIpc) is 2.77. The molecule has 0 aliphatic rings. The predicted molar refractivity (Wildman–Crippen MR) is 77.6 cm³/mol. The largest absolute Gasteiger partial charge is 0.324 e. The van der Waals surface area contributed by atoms with Crippen molar-refractivity contribution in [3.05, 3.63) is 18.5 Å². The first-order valence-corrected chi connectivity index (χ1v) is 7.67. The molecule has 0 unspecified atom stereocenters. The SMILES string of the molecule is C=CCCCCCSc1nnc(CN)n1CCC. The summed E-state index contributed by atoms with van der Waals surface area (Å²) in [7, 11) is 0. The molecule has 0 fully saturated rings. The molecule has 0 saturated heterocycles. The first-order chi connectivity index (χ1) is 8.83. The van der Waals surface area contributed by atoms with Gasteiger partial charge in [0.05, 0.1) is 6.54 Å². The molecule has 0 amide bonds. The molecule has 0 aromatic carbocycles. The third-order valence-electron chi connectivity index (χ3n) is 2.71. The molecule has 1 aromatic heterocycles. The summed E-state index contributed by atoms with van der Waals surface area (Å²) in [6.45, 7) is 7.31. The zero-order chi connectivity index (χ0) is 13.2. The number of hydrogen-bond donors (Lipinski definition) is 1. The van der Waals surface area contributed by atoms with E-state index in [9.17, 15) is 0 Å². The normalized spacial score (nSPS) is 10.8. The fourth-order valence-electron chi connectivity index (χ4n) is 1.76. The van der Waals surface area contributed by atoms with E-state index in [4.69, 9.17) is 5.73 Å². The predicted octanol–water partition coefficient (Wildman–Crippen LogP) is 2.99. The number of nitrogens with two attached hydrogens (primary N) is 1. The van der Waals surface area contributed by atoms with Crippen LogP contribution in [-0.2, 0) is 13.1 Å². The number of aromatic nitrogens is 3. The summed E-state index contributed by atoms with van der Waals surface area (Å²) in [4.78, 5) is 0. The van der Waals surface area contributed by atoms with Crippen LogP contribution in [0.3, 0.4) is 0 Å². The van der Waals surface area contributed by atoms with Gasteiger partial charge < -0.3 is 10.3 Å². The number of rotatable bonds is 10. The van der Waals surface area contributed by atoms with E-state index in [-0.39, 0.29) is 0 Å². The first-order valence-electron chi connectivity index (χ1n) is 6.69. The summed E-state index contributed by atoms with van der Waals surface area (Å²) < 4.78 is 2.15. The molecule has 102 valence electrons. The van der Waals surface area contributed by atoms with Crippen molar-refractivity contribution in [2.75, 3.05) is 5.75 Å². The third-order valence-corrected chi connectivity index (χ3v) is 3.76. The minimum absolute atomic E-state index is 0.465. The second-order valence-corrected chi connectivity index (χ2v) is 5.30. The molecule has 2 N–H and O–H groups in total. The number of nitrogens with zero attached hydrogens (tertiary/aromatic N) is 3. The van der Waals surface area contributed by atoms with E-state index in [1.807, 2.05) is 6.08 Å². The summed E-state index contributed by atoms with van der Waals surface area (Å²) in [5, 5.41) is 9.37. The second kappa shape index (κ2) is 9.16. The molecule has 0 aliphatic heterocycles. The van der Waals surface area contributed by atoms with Crippen LogP contribution in [0.15, 0.2) is 17.8 Å². The van der Waals surface area contributed by atoms with Gasteiger partial charge in [0.1, 0.15) is 5.82 Å². The quantitative estimate of drug-likeness (QED) is 0.402. The van der Waals surface area contributed by atoms with Crippen molar-refractivity contribution in [2.45, 2.75) is 57.3 Å². The molecule has 1 aromatic rings. The average molecular weight is 268 g/mol. The van der Waals surface area contributed by atoms with Crippen LogP contribution in [0.5, 0.6) is 0 Å². The molecule has 1 heterocycles. The van der Waals surface area contributed by atoms with E-state index in [1.165, 1.54) is 19.3 Å². The van der Waals surface area contributed by atoms with Gasteiger partial charge in [-0.05, 0) is 25.7 Å². The van der Waals surface area contributed by atoms with Crippen molar-refractivity contribution in [1.82, 2.24) is 14.8 Å². The van der Waals surface area contributed by atoms with Crippen molar-refractivity contribution >= 4 is 11.8 Å². The smallest absolute Gasteiger partial charge is 0.191 e. The standard InChI is InChI=1S/C13H24N4S/c1-3-5-6-7-8-10-18-13-16-15-12(11-14)17(13)9-4-2/h3H,1,4-11,14H2,2H3. The van der Waals surface area contributed by atoms with Crippen molar-refractivity contribution in [3.63, 3.8) is 0 Å². The third kappa shape index (κ3) is 4.82. The van der Waals surface area contributed by atoms with E-state index in [0.717, 1.165) is 36.1 Å². The Morgan fingerprint density at radius 3 is 2.83 bits per heavy atom. The molecule has 0 aliphatic carbocycles. The van der Waals surface area contributed by atoms with Gasteiger partial charge in [-0.1, -0.05) is 31.2 Å². The Balaban J connectivity index is 2.36. The summed E-state index contributed by atoms with van der Waals surface area (Å²) in [5.41, 5.74) is 5.66. The fourth-order valence-corrected chi connectivity index (χ4v) is 2.74. The van der Waals surface area contributed by atoms with Crippen molar-refractivity contribution in [2.24, 2.45) is 5.73 Å². The van der Waals surface area contributed by atoms with Crippen LogP contribution in [-0.4, -0.2) is 20.5 Å². The molecule has 0 saturated carbocycles. The Morgan fingerprint density at radius 1 is 1.33 bits per heavy atom. The molecule has 4 nitrogen and oxygen atoms in total. The monoisotopic (exact) mass is 268 g/mol. The van der Waals surface area contributed by atoms with Gasteiger partial charge in [-0.25, -0.2) is 0 Å². The number of hydrogen-bond acceptors (Lipinski definition) is 4. The van der Waals surface area contributed by atoms with Gasteiger partial charge in [-0.3, -0.25) is 0 Å². The van der Waals surface area contributed by atoms with Gasteiger partial charge >= 0.3 is 0 Å². The molecule has 18 heavy (non-hydrogen) atoms. The van der Waals surface area contributed by atoms with Crippen LogP contribution in [0.4, 0.5) is 0 Å². The zero-order valence-corrected chi connectivity index (χ0v) is 12.1. The van der Waals surface area contributed by atoms with E-state index in [1.54, 1.807) is 11.8 Å². The van der Waals surface area contributed by atoms with Crippen molar-refractivity contribution < 1.29 is 0 Å². The van der Waals surface area contributed by atoms with Crippen LogP contribution in [0, 0.1) is 0 Å². The van der Waals surface area contributed by atoms with E-state index >= 15 is 0 Å². The minimum atomic E-state index is 0.465. The highest BCUT2D eigenvalue weighted by Gasteiger charge is 2.09. The Kier molecular flexibility index (Phi) is 7.76. The second-order valence-electron chi connectivity index (χ2n) is 4.24. The molecular formula is C13H24N4S. The first kappa shape index (κ1) is 15.2. The van der Waals surface area contributed by atoms with Crippen LogP contribution in [0.25, 0.3) is 0 Å². The summed E-state index contributed by atoms with van der Waals surface area (Å²) in [5.74, 6) is 2.00. The molecule has 1 rings (SSSR count). The van der Waals surface area contributed by atoms with E-state index in [0.29, 0.717) is 6.54 Å². The highest BCUT2D eigenvalue weighted by atomic mass is 32.2. The van der Waals surface area contributed by atoms with E-state index in [2.05, 4.69) is 28.3 Å². The number of thioether (sulfide) groups is 1. The number of allylic oxidation sites excluding steroid dienone is 1. The maximum atomic E-state index is 5.66. The maximum Gasteiger partial charge on any atom is 0.191 e. The molecule has 0 bridgehead atoms. The molecular weight excluding hydrogens is 244 g/mol. The highest BCUT2D eigenvalue weighted by Crippen LogP contribution is 2.19. The van der Waals surface area contributed by atoms with Gasteiger partial charge in [0.15, 0.2) is 5.16 Å². The maximum absolute atomic E-state index is 5.66. The highest BCUT2D eigenvalue weighted by molar-refractivity contribution is 7.99. The van der Waals surface area contributed by atoms with E-state index < -0.39 is 0 Å². The van der Waals surface area contributed by atoms with Gasteiger partial charge in [-0.2, -0.15) is 0 Å². The molecule has 0 radical (unpaired) electrons. The Hall–Kier alpha value is -0.810. The van der Waals surface area contributed by atoms with Crippen molar-refractivity contribution in [3.8, 4) is 0 Å². The zero-order valence-electron chi connectivity index (χ0n) is 11.3. The summed E-state index contributed by atoms with van der Waals surface area (Å²) >= 11 is 1.79. The van der Waals surface area contributed by atoms with Crippen LogP contribution >= 0.6 is 11.8 Å². The lowest BCUT2D eigenvalue weighted by molar-refractivity contribution is 0.592. The fraction of sp³-hybridized carbons (Fsp3) is 0.692. The lowest BCUT2D eigenvalue weighted by Gasteiger charge is -2.07. The van der Waals surface area contributed by atoms with Gasteiger partial charge in [0.2, 0.25) is 0 Å². The van der Waals surface area contributed by atoms with Crippen molar-refractivity contribution in [1.29, 1.82) is 0 Å². The topological polar surface area (TPSA) is 56.7 Å².